The summed E-state index contributed by atoms with van der Waals surface area (Å²) < 4.78 is 15.9. The van der Waals surface area contributed by atoms with Gasteiger partial charge in [-0.1, -0.05) is 0 Å². The Morgan fingerprint density at radius 2 is 1.67 bits per heavy atom. The number of rotatable bonds is 14. The predicted octanol–water partition coefficient (Wildman–Crippen LogP) is 0.925. The van der Waals surface area contributed by atoms with Crippen molar-refractivity contribution >= 4 is 17.8 Å². The van der Waals surface area contributed by atoms with Crippen LogP contribution < -0.4 is 16.5 Å². The summed E-state index contributed by atoms with van der Waals surface area (Å²) in [5.74, 6) is 0.0255. The Morgan fingerprint density at radius 1 is 1.07 bits per heavy atom. The number of carboxylic acid groups (broad SMARTS) is 1. The fourth-order valence-corrected chi connectivity index (χ4v) is 2.18. The molecule has 0 bridgehead atoms. The van der Waals surface area contributed by atoms with Crippen LogP contribution in [0.5, 0.6) is 0 Å². The molecule has 2 amide bonds. The lowest BCUT2D eigenvalue weighted by atomic mass is 10.1. The minimum atomic E-state index is -1.13. The summed E-state index contributed by atoms with van der Waals surface area (Å²) in [6, 6.07) is 3.11. The quantitative estimate of drug-likeness (QED) is 0.251. The number of hydrogen-bond donors (Lipinski definition) is 4. The van der Waals surface area contributed by atoms with E-state index in [2.05, 4.69) is 15.7 Å². The van der Waals surface area contributed by atoms with Crippen molar-refractivity contribution in [1.29, 1.82) is 0 Å². The van der Waals surface area contributed by atoms with Crippen LogP contribution in [-0.2, 0) is 14.2 Å². The SMILES string of the molecule is CC(C)(C)N(Nc1ccc(C(=O)NCCOCCOCCOCCN)cn1)C(=O)O. The van der Waals surface area contributed by atoms with Crippen molar-refractivity contribution in [3.63, 3.8) is 0 Å². The fraction of sp³-hybridized carbons (Fsp3) is 0.632. The highest BCUT2D eigenvalue weighted by molar-refractivity contribution is 5.94. The summed E-state index contributed by atoms with van der Waals surface area (Å²) >= 11 is 0. The summed E-state index contributed by atoms with van der Waals surface area (Å²) in [4.78, 5) is 27.6. The topological polar surface area (TPSA) is 148 Å². The van der Waals surface area contributed by atoms with Crippen molar-refractivity contribution in [3.8, 4) is 0 Å². The molecule has 11 heteroatoms. The van der Waals surface area contributed by atoms with Gasteiger partial charge in [0.25, 0.3) is 5.91 Å². The first-order valence-corrected chi connectivity index (χ1v) is 9.73. The molecule has 1 heterocycles. The van der Waals surface area contributed by atoms with Gasteiger partial charge in [0.15, 0.2) is 0 Å². The number of ether oxygens (including phenoxy) is 3. The van der Waals surface area contributed by atoms with Crippen LogP contribution in [0.4, 0.5) is 10.6 Å². The number of nitrogens with two attached hydrogens (primary N) is 1. The molecule has 0 fully saturated rings. The predicted molar refractivity (Wildman–Crippen MR) is 111 cm³/mol. The third-order valence-corrected chi connectivity index (χ3v) is 3.65. The van der Waals surface area contributed by atoms with Crippen LogP contribution in [0.1, 0.15) is 31.1 Å². The van der Waals surface area contributed by atoms with Crippen molar-refractivity contribution in [2.45, 2.75) is 26.3 Å². The van der Waals surface area contributed by atoms with E-state index in [9.17, 15) is 14.7 Å². The molecular formula is C19H33N5O6. The Labute approximate surface area is 176 Å². The molecule has 1 aromatic rings. The van der Waals surface area contributed by atoms with Crippen molar-refractivity contribution in [2.75, 3.05) is 58.2 Å². The molecule has 0 aliphatic carbocycles. The van der Waals surface area contributed by atoms with E-state index in [1.807, 2.05) is 0 Å². The van der Waals surface area contributed by atoms with Crippen LogP contribution in [0.2, 0.25) is 0 Å². The first-order valence-electron chi connectivity index (χ1n) is 9.73. The molecule has 0 unspecified atom stereocenters. The van der Waals surface area contributed by atoms with Crippen LogP contribution in [0, 0.1) is 0 Å². The summed E-state index contributed by atoms with van der Waals surface area (Å²) in [5.41, 5.74) is 7.72. The van der Waals surface area contributed by atoms with Gasteiger partial charge in [0.1, 0.15) is 5.82 Å². The molecule has 0 aliphatic heterocycles. The molecule has 0 atom stereocenters. The largest absolute Gasteiger partial charge is 0.464 e. The Kier molecular flexibility index (Phi) is 11.7. The molecule has 11 nitrogen and oxygen atoms in total. The number of nitrogens with zero attached hydrogens (tertiary/aromatic N) is 2. The highest BCUT2D eigenvalue weighted by atomic mass is 16.5. The monoisotopic (exact) mass is 427 g/mol. The third kappa shape index (κ3) is 10.3. The minimum Gasteiger partial charge on any atom is -0.464 e. The van der Waals surface area contributed by atoms with Gasteiger partial charge >= 0.3 is 6.09 Å². The molecule has 0 radical (unpaired) electrons. The molecule has 0 aliphatic rings. The second kappa shape index (κ2) is 13.7. The zero-order valence-corrected chi connectivity index (χ0v) is 17.8. The van der Waals surface area contributed by atoms with Crippen LogP contribution in [0.25, 0.3) is 0 Å². The number of carbonyl (C=O) groups is 2. The number of aromatic nitrogens is 1. The van der Waals surface area contributed by atoms with E-state index in [0.717, 1.165) is 5.01 Å². The van der Waals surface area contributed by atoms with Crippen molar-refractivity contribution < 1.29 is 28.9 Å². The van der Waals surface area contributed by atoms with Crippen LogP contribution in [0.3, 0.4) is 0 Å². The highest BCUT2D eigenvalue weighted by Crippen LogP contribution is 2.15. The standard InChI is InChI=1S/C19H33N5O6/c1-19(2,3)24(18(26)27)23-16-5-4-15(14-22-16)17(25)21-7-9-29-11-13-30-12-10-28-8-6-20/h4-5,14H,6-13,20H2,1-3H3,(H,21,25)(H,22,23)(H,26,27). The highest BCUT2D eigenvalue weighted by Gasteiger charge is 2.26. The van der Waals surface area contributed by atoms with Gasteiger partial charge in [-0.15, -0.1) is 0 Å². The van der Waals surface area contributed by atoms with Crippen molar-refractivity contribution in [2.24, 2.45) is 5.73 Å². The third-order valence-electron chi connectivity index (χ3n) is 3.65. The van der Waals surface area contributed by atoms with Crippen LogP contribution >= 0.6 is 0 Å². The van der Waals surface area contributed by atoms with E-state index in [0.29, 0.717) is 64.1 Å². The lowest BCUT2D eigenvalue weighted by molar-refractivity contribution is 0.0166. The number of carbonyl (C=O) groups excluding carboxylic acids is 1. The van der Waals surface area contributed by atoms with Crippen molar-refractivity contribution in [1.82, 2.24) is 15.3 Å². The summed E-state index contributed by atoms with van der Waals surface area (Å²) in [7, 11) is 0. The lowest BCUT2D eigenvalue weighted by Crippen LogP contribution is -2.48. The first kappa shape index (κ1) is 25.6. The zero-order chi connectivity index (χ0) is 22.4. The van der Waals surface area contributed by atoms with Gasteiger partial charge in [0.2, 0.25) is 0 Å². The number of hydrogen-bond acceptors (Lipinski definition) is 8. The van der Waals surface area contributed by atoms with Crippen LogP contribution in [0.15, 0.2) is 18.3 Å². The number of anilines is 1. The molecule has 170 valence electrons. The second-order valence-corrected chi connectivity index (χ2v) is 7.21. The van der Waals surface area contributed by atoms with Gasteiger partial charge in [-0.25, -0.2) is 14.8 Å². The van der Waals surface area contributed by atoms with Gasteiger partial charge in [-0.2, -0.15) is 0 Å². The van der Waals surface area contributed by atoms with E-state index >= 15 is 0 Å². The average Bonchev–Trinajstić information content (AvgIpc) is 2.69. The maximum Gasteiger partial charge on any atom is 0.426 e. The summed E-state index contributed by atoms with van der Waals surface area (Å²) in [5, 5.41) is 13.1. The molecule has 0 saturated heterocycles. The number of pyridine rings is 1. The smallest absolute Gasteiger partial charge is 0.426 e. The molecule has 5 N–H and O–H groups in total. The van der Waals surface area contributed by atoms with E-state index in [4.69, 9.17) is 19.9 Å². The summed E-state index contributed by atoms with van der Waals surface area (Å²) in [6.45, 7) is 8.81. The van der Waals surface area contributed by atoms with Gasteiger partial charge in [0, 0.05) is 19.3 Å². The van der Waals surface area contributed by atoms with E-state index in [-0.39, 0.29) is 5.91 Å². The number of hydrazine groups is 1. The van der Waals surface area contributed by atoms with E-state index in [1.165, 1.54) is 6.20 Å². The van der Waals surface area contributed by atoms with Gasteiger partial charge in [-0.3, -0.25) is 10.2 Å². The van der Waals surface area contributed by atoms with Crippen molar-refractivity contribution in [3.05, 3.63) is 23.9 Å². The summed E-state index contributed by atoms with van der Waals surface area (Å²) in [6.07, 6.45) is 0.248. The Morgan fingerprint density at radius 3 is 2.17 bits per heavy atom. The Bertz CT molecular complexity index is 635. The second-order valence-electron chi connectivity index (χ2n) is 7.21. The molecule has 1 rings (SSSR count). The maximum atomic E-state index is 12.1. The molecule has 0 saturated carbocycles. The number of amides is 2. The molecule has 30 heavy (non-hydrogen) atoms. The minimum absolute atomic E-state index is 0.295. The number of nitrogens with one attached hydrogen (secondary N) is 2. The van der Waals surface area contributed by atoms with E-state index in [1.54, 1.807) is 32.9 Å². The molecule has 1 aromatic heterocycles. The average molecular weight is 428 g/mol. The first-order chi connectivity index (χ1) is 14.3. The molecule has 0 aromatic carbocycles. The van der Waals surface area contributed by atoms with Gasteiger partial charge < -0.3 is 30.4 Å². The van der Waals surface area contributed by atoms with Gasteiger partial charge in [-0.05, 0) is 32.9 Å². The fourth-order valence-electron chi connectivity index (χ4n) is 2.18. The normalized spacial score (nSPS) is 11.2. The van der Waals surface area contributed by atoms with Crippen LogP contribution in [-0.4, -0.2) is 85.4 Å². The van der Waals surface area contributed by atoms with Gasteiger partial charge in [0.05, 0.1) is 50.7 Å². The zero-order valence-electron chi connectivity index (χ0n) is 17.8. The Balaban J connectivity index is 2.25. The van der Waals surface area contributed by atoms with E-state index < -0.39 is 11.6 Å². The lowest BCUT2D eigenvalue weighted by Gasteiger charge is -2.33. The maximum absolute atomic E-state index is 12.1. The molecular weight excluding hydrogens is 394 g/mol. The Hall–Kier alpha value is -2.47. The molecule has 0 spiro atoms.